The number of rotatable bonds is 7. The molecule has 0 N–H and O–H groups in total. The van der Waals surface area contributed by atoms with Gasteiger partial charge in [-0.05, 0) is 32.3 Å². The second kappa shape index (κ2) is 8.02. The monoisotopic (exact) mass is 322 g/mol. The van der Waals surface area contributed by atoms with Crippen molar-refractivity contribution in [3.63, 3.8) is 0 Å². The van der Waals surface area contributed by atoms with Crippen molar-refractivity contribution in [2.45, 2.75) is 58.0 Å². The topological polar surface area (TPSA) is 26.3 Å². The molecule has 1 atom stereocenters. The zero-order chi connectivity index (χ0) is 17.6. The molecule has 2 nitrogen and oxygen atoms in total. The molecule has 1 aromatic carbocycles. The second-order valence-electron chi connectivity index (χ2n) is 6.37. The smallest absolute Gasteiger partial charge is 0.193 e. The summed E-state index contributed by atoms with van der Waals surface area (Å²) in [7, 11) is 0. The van der Waals surface area contributed by atoms with Crippen molar-refractivity contribution in [1.29, 1.82) is 0 Å². The molecule has 1 aromatic rings. The van der Waals surface area contributed by atoms with Gasteiger partial charge in [-0.2, -0.15) is 0 Å². The molecule has 0 fully saturated rings. The first kappa shape index (κ1) is 18.1. The summed E-state index contributed by atoms with van der Waals surface area (Å²) < 4.78 is 6.06. The van der Waals surface area contributed by atoms with E-state index in [0.717, 1.165) is 24.8 Å². The standard InChI is InChI=1S/C22H26O2/c1-5-7-8-12-15-19-20(23)22(16-6-2,21(19)24-17(3)4)18-13-10-9-11-14-18/h6,9-11,13-14,17H,2,5,7-8,16H2,1,3-4H3. The fourth-order valence-electron chi connectivity index (χ4n) is 3.00. The van der Waals surface area contributed by atoms with Gasteiger partial charge < -0.3 is 4.74 Å². The summed E-state index contributed by atoms with van der Waals surface area (Å²) in [6, 6.07) is 9.81. The van der Waals surface area contributed by atoms with Crippen molar-refractivity contribution in [3.8, 4) is 11.8 Å². The summed E-state index contributed by atoms with van der Waals surface area (Å²) in [5.41, 5.74) is 0.720. The van der Waals surface area contributed by atoms with Crippen molar-refractivity contribution in [2.75, 3.05) is 0 Å². The van der Waals surface area contributed by atoms with Crippen molar-refractivity contribution in [2.24, 2.45) is 0 Å². The third-order valence-electron chi connectivity index (χ3n) is 4.17. The fourth-order valence-corrected chi connectivity index (χ4v) is 3.00. The predicted octanol–water partition coefficient (Wildman–Crippen LogP) is 4.96. The lowest BCUT2D eigenvalue weighted by molar-refractivity contribution is -0.124. The van der Waals surface area contributed by atoms with E-state index in [1.54, 1.807) is 6.08 Å². The molecule has 0 saturated heterocycles. The van der Waals surface area contributed by atoms with Gasteiger partial charge in [0.1, 0.15) is 16.7 Å². The number of Topliss-reactive ketones (excluding diaryl/α,β-unsaturated/α-hetero) is 1. The Kier molecular flexibility index (Phi) is 6.04. The van der Waals surface area contributed by atoms with Crippen LogP contribution in [0.5, 0.6) is 0 Å². The summed E-state index contributed by atoms with van der Waals surface area (Å²) in [5.74, 6) is 6.94. The largest absolute Gasteiger partial charge is 0.492 e. The first-order chi connectivity index (χ1) is 11.6. The average molecular weight is 322 g/mol. The van der Waals surface area contributed by atoms with Gasteiger partial charge >= 0.3 is 0 Å². The Bertz CT molecular complexity index is 686. The van der Waals surface area contributed by atoms with Crippen LogP contribution in [0.1, 0.15) is 52.0 Å². The lowest BCUT2D eigenvalue weighted by Crippen LogP contribution is -2.49. The van der Waals surface area contributed by atoms with Gasteiger partial charge in [0.15, 0.2) is 5.78 Å². The highest BCUT2D eigenvalue weighted by molar-refractivity contribution is 6.16. The zero-order valence-corrected chi connectivity index (χ0v) is 14.9. The number of hydrogen-bond donors (Lipinski definition) is 0. The van der Waals surface area contributed by atoms with Crippen LogP contribution >= 0.6 is 0 Å². The molecule has 0 spiro atoms. The van der Waals surface area contributed by atoms with Crippen LogP contribution in [0.4, 0.5) is 0 Å². The van der Waals surface area contributed by atoms with Crippen molar-refractivity contribution >= 4 is 5.78 Å². The summed E-state index contributed by atoms with van der Waals surface area (Å²) in [4.78, 5) is 13.0. The van der Waals surface area contributed by atoms with Gasteiger partial charge in [0.25, 0.3) is 0 Å². The Morgan fingerprint density at radius 2 is 2.00 bits per heavy atom. The van der Waals surface area contributed by atoms with Crippen LogP contribution in [0.2, 0.25) is 0 Å². The van der Waals surface area contributed by atoms with Crippen LogP contribution in [0.3, 0.4) is 0 Å². The molecule has 24 heavy (non-hydrogen) atoms. The lowest BCUT2D eigenvalue weighted by Gasteiger charge is -2.42. The molecule has 0 aromatic heterocycles. The Balaban J connectivity index is 2.49. The minimum Gasteiger partial charge on any atom is -0.492 e. The fraction of sp³-hybridized carbons (Fsp3) is 0.409. The number of carbonyl (C=O) groups excluding carboxylic acids is 1. The summed E-state index contributed by atoms with van der Waals surface area (Å²) >= 11 is 0. The highest BCUT2D eigenvalue weighted by atomic mass is 16.5. The number of unbranched alkanes of at least 4 members (excludes halogenated alkanes) is 2. The molecule has 1 aliphatic carbocycles. The van der Waals surface area contributed by atoms with Gasteiger partial charge in [-0.25, -0.2) is 0 Å². The van der Waals surface area contributed by atoms with Gasteiger partial charge in [-0.15, -0.1) is 6.58 Å². The van der Waals surface area contributed by atoms with E-state index in [2.05, 4.69) is 25.3 Å². The SMILES string of the molecule is C=CCC1(c2ccccc2)C(=O)C(C#CCCCC)=C1OC(C)C. The molecule has 0 radical (unpaired) electrons. The molecule has 0 heterocycles. The highest BCUT2D eigenvalue weighted by Crippen LogP contribution is 2.49. The van der Waals surface area contributed by atoms with Gasteiger partial charge in [0, 0.05) is 6.42 Å². The van der Waals surface area contributed by atoms with Crippen LogP contribution in [0.25, 0.3) is 0 Å². The number of ketones is 1. The van der Waals surface area contributed by atoms with Crippen molar-refractivity contribution in [1.82, 2.24) is 0 Å². The normalized spacial score (nSPS) is 19.6. The number of ether oxygens (including phenoxy) is 1. The Labute approximate surface area is 145 Å². The lowest BCUT2D eigenvalue weighted by atomic mass is 9.61. The quantitative estimate of drug-likeness (QED) is 0.403. The molecule has 1 aliphatic rings. The minimum atomic E-state index is -0.762. The molecule has 126 valence electrons. The summed E-state index contributed by atoms with van der Waals surface area (Å²) in [6.07, 6.45) is 5.26. The summed E-state index contributed by atoms with van der Waals surface area (Å²) in [6.45, 7) is 9.93. The number of hydrogen-bond acceptors (Lipinski definition) is 2. The second-order valence-corrected chi connectivity index (χ2v) is 6.37. The van der Waals surface area contributed by atoms with E-state index in [1.165, 1.54) is 0 Å². The third-order valence-corrected chi connectivity index (χ3v) is 4.17. The predicted molar refractivity (Wildman–Crippen MR) is 98.5 cm³/mol. The van der Waals surface area contributed by atoms with Gasteiger partial charge in [-0.1, -0.05) is 61.6 Å². The molecular formula is C22H26O2. The first-order valence-corrected chi connectivity index (χ1v) is 8.69. The Morgan fingerprint density at radius 3 is 2.58 bits per heavy atom. The molecular weight excluding hydrogens is 296 g/mol. The van der Waals surface area contributed by atoms with E-state index in [4.69, 9.17) is 4.74 Å². The average Bonchev–Trinajstić information content (AvgIpc) is 2.59. The molecule has 0 amide bonds. The van der Waals surface area contributed by atoms with Crippen LogP contribution in [-0.4, -0.2) is 11.9 Å². The Hall–Kier alpha value is -2.27. The van der Waals surface area contributed by atoms with Crippen LogP contribution in [0, 0.1) is 11.8 Å². The van der Waals surface area contributed by atoms with Crippen molar-refractivity contribution < 1.29 is 9.53 Å². The van der Waals surface area contributed by atoms with E-state index in [0.29, 0.717) is 17.8 Å². The summed E-state index contributed by atoms with van der Waals surface area (Å²) in [5, 5.41) is 0. The van der Waals surface area contributed by atoms with E-state index < -0.39 is 5.41 Å². The maximum absolute atomic E-state index is 13.0. The van der Waals surface area contributed by atoms with E-state index in [9.17, 15) is 4.79 Å². The van der Waals surface area contributed by atoms with E-state index >= 15 is 0 Å². The molecule has 0 bridgehead atoms. The van der Waals surface area contributed by atoms with Crippen LogP contribution < -0.4 is 0 Å². The number of benzene rings is 1. The maximum atomic E-state index is 13.0. The van der Waals surface area contributed by atoms with Crippen LogP contribution in [0.15, 0.2) is 54.3 Å². The van der Waals surface area contributed by atoms with Crippen molar-refractivity contribution in [3.05, 3.63) is 59.9 Å². The van der Waals surface area contributed by atoms with E-state index in [1.807, 2.05) is 44.2 Å². The van der Waals surface area contributed by atoms with Gasteiger partial charge in [-0.3, -0.25) is 4.79 Å². The molecule has 1 unspecified atom stereocenters. The maximum Gasteiger partial charge on any atom is 0.193 e. The number of carbonyl (C=O) groups is 1. The van der Waals surface area contributed by atoms with Gasteiger partial charge in [0.05, 0.1) is 6.10 Å². The van der Waals surface area contributed by atoms with E-state index in [-0.39, 0.29) is 11.9 Å². The van der Waals surface area contributed by atoms with Gasteiger partial charge in [0.2, 0.25) is 0 Å². The number of allylic oxidation sites excluding steroid dienone is 3. The molecule has 0 aliphatic heterocycles. The molecule has 0 saturated carbocycles. The highest BCUT2D eigenvalue weighted by Gasteiger charge is 2.55. The Morgan fingerprint density at radius 1 is 1.29 bits per heavy atom. The minimum absolute atomic E-state index is 0.00607. The molecule has 2 rings (SSSR count). The molecule has 2 heteroatoms. The third kappa shape index (κ3) is 3.31. The zero-order valence-electron chi connectivity index (χ0n) is 14.9. The van der Waals surface area contributed by atoms with Crippen LogP contribution in [-0.2, 0) is 14.9 Å². The first-order valence-electron chi connectivity index (χ1n) is 8.69.